The predicted octanol–water partition coefficient (Wildman–Crippen LogP) is 3.99. The van der Waals surface area contributed by atoms with Crippen LogP contribution in [0.3, 0.4) is 0 Å². The highest BCUT2D eigenvalue weighted by Gasteiger charge is 2.29. The summed E-state index contributed by atoms with van der Waals surface area (Å²) in [6, 6.07) is 15.4. The Balaban J connectivity index is 2.05. The summed E-state index contributed by atoms with van der Waals surface area (Å²) in [5, 5.41) is 1.40. The minimum absolute atomic E-state index is 0.264. The Hall–Kier alpha value is -1.68. The van der Waals surface area contributed by atoms with Crippen molar-refractivity contribution in [1.29, 1.82) is 0 Å². The van der Waals surface area contributed by atoms with Crippen LogP contribution in [0.25, 0.3) is 5.70 Å². The average molecular weight is 320 g/mol. The molecular weight excluding hydrogens is 305 g/mol. The first-order valence-electron chi connectivity index (χ1n) is 6.56. The Morgan fingerprint density at radius 2 is 1.71 bits per heavy atom. The van der Waals surface area contributed by atoms with Crippen LogP contribution in [0.2, 0.25) is 10.0 Å². The van der Waals surface area contributed by atoms with Crippen LogP contribution in [0.4, 0.5) is 5.69 Å². The second-order valence-corrected chi connectivity index (χ2v) is 5.82. The molecule has 2 aromatic rings. The van der Waals surface area contributed by atoms with Crippen molar-refractivity contribution in [3.63, 3.8) is 0 Å². The molecule has 1 aliphatic heterocycles. The van der Waals surface area contributed by atoms with Gasteiger partial charge in [0.1, 0.15) is 0 Å². The highest BCUT2D eigenvalue weighted by molar-refractivity contribution is 6.31. The number of halogens is 2. The molecule has 21 heavy (non-hydrogen) atoms. The van der Waals surface area contributed by atoms with Crippen LogP contribution < -0.4 is 10.6 Å². The van der Waals surface area contributed by atoms with Crippen molar-refractivity contribution >= 4 is 34.6 Å². The molecule has 1 heterocycles. The van der Waals surface area contributed by atoms with Gasteiger partial charge in [-0.25, -0.2) is 0 Å². The van der Waals surface area contributed by atoms with Crippen LogP contribution in [0.1, 0.15) is 5.56 Å². The topological polar surface area (TPSA) is 32.5 Å². The maximum absolute atomic E-state index is 6.29. The summed E-state index contributed by atoms with van der Waals surface area (Å²) in [6.45, 7) is 0. The molecule has 0 saturated heterocycles. The largest absolute Gasteiger partial charge is 0.346 e. The van der Waals surface area contributed by atoms with Gasteiger partial charge in [0.25, 0.3) is 0 Å². The van der Waals surface area contributed by atoms with Gasteiger partial charge in [-0.3, -0.25) is 5.73 Å². The normalized spacial score (nSPS) is 18.1. The molecule has 1 unspecified atom stereocenters. The first kappa shape index (κ1) is 14.3. The molecule has 0 spiro atoms. The van der Waals surface area contributed by atoms with E-state index in [9.17, 15) is 0 Å². The minimum atomic E-state index is -0.264. The molecule has 3 nitrogen and oxygen atoms in total. The molecule has 2 N–H and O–H groups in total. The molecule has 0 aliphatic carbocycles. The van der Waals surface area contributed by atoms with Crippen LogP contribution >= 0.6 is 23.2 Å². The predicted molar refractivity (Wildman–Crippen MR) is 89.1 cm³/mol. The van der Waals surface area contributed by atoms with Crippen molar-refractivity contribution in [1.82, 2.24) is 4.90 Å². The maximum Gasteiger partial charge on any atom is 0.159 e. The van der Waals surface area contributed by atoms with E-state index in [0.717, 1.165) is 16.9 Å². The third-order valence-electron chi connectivity index (χ3n) is 3.49. The van der Waals surface area contributed by atoms with E-state index >= 15 is 0 Å². The van der Waals surface area contributed by atoms with Crippen molar-refractivity contribution in [2.24, 2.45) is 5.73 Å². The molecule has 0 aromatic heterocycles. The van der Waals surface area contributed by atoms with E-state index in [0.29, 0.717) is 10.0 Å². The number of rotatable bonds is 2. The van der Waals surface area contributed by atoms with Gasteiger partial charge in [-0.2, -0.15) is 0 Å². The number of nitrogens with two attached hydrogens (primary N) is 1. The van der Waals surface area contributed by atoms with Crippen molar-refractivity contribution in [3.8, 4) is 0 Å². The zero-order chi connectivity index (χ0) is 15.0. The molecule has 1 aliphatic rings. The fourth-order valence-electron chi connectivity index (χ4n) is 2.41. The SMILES string of the molecule is CN1C=C(c2cccc(Cl)c2)N(c2ccc(Cl)cc2)C1N. The Morgan fingerprint density at radius 3 is 2.38 bits per heavy atom. The number of nitrogens with zero attached hydrogens (tertiary/aromatic N) is 2. The van der Waals surface area contributed by atoms with Crippen molar-refractivity contribution in [2.75, 3.05) is 11.9 Å². The molecule has 0 bridgehead atoms. The number of hydrogen-bond donors (Lipinski definition) is 1. The van der Waals surface area contributed by atoms with Gasteiger partial charge < -0.3 is 9.80 Å². The summed E-state index contributed by atoms with van der Waals surface area (Å²) in [7, 11) is 1.95. The minimum Gasteiger partial charge on any atom is -0.346 e. The summed E-state index contributed by atoms with van der Waals surface area (Å²) < 4.78 is 0. The average Bonchev–Trinajstić information content (AvgIpc) is 2.76. The Labute approximate surface area is 134 Å². The summed E-state index contributed by atoms with van der Waals surface area (Å²) in [6.07, 6.45) is 1.76. The van der Waals surface area contributed by atoms with Crippen molar-refractivity contribution in [2.45, 2.75) is 6.29 Å². The zero-order valence-electron chi connectivity index (χ0n) is 11.5. The summed E-state index contributed by atoms with van der Waals surface area (Å²) in [4.78, 5) is 4.02. The number of anilines is 1. The first-order chi connectivity index (χ1) is 10.1. The van der Waals surface area contributed by atoms with E-state index in [4.69, 9.17) is 28.9 Å². The molecule has 0 amide bonds. The highest BCUT2D eigenvalue weighted by Crippen LogP contribution is 2.34. The van der Waals surface area contributed by atoms with E-state index < -0.39 is 0 Å². The lowest BCUT2D eigenvalue weighted by Gasteiger charge is -2.29. The fourth-order valence-corrected chi connectivity index (χ4v) is 2.73. The van der Waals surface area contributed by atoms with Crippen LogP contribution in [-0.4, -0.2) is 18.2 Å². The van der Waals surface area contributed by atoms with Gasteiger partial charge >= 0.3 is 0 Å². The zero-order valence-corrected chi connectivity index (χ0v) is 13.0. The summed E-state index contributed by atoms with van der Waals surface area (Å²) >= 11 is 12.1. The summed E-state index contributed by atoms with van der Waals surface area (Å²) in [5.74, 6) is 0. The lowest BCUT2D eigenvalue weighted by molar-refractivity contribution is 0.368. The third-order valence-corrected chi connectivity index (χ3v) is 3.98. The van der Waals surface area contributed by atoms with Gasteiger partial charge in [0.15, 0.2) is 6.29 Å². The first-order valence-corrected chi connectivity index (χ1v) is 7.32. The molecule has 3 rings (SSSR count). The molecule has 2 aromatic carbocycles. The second kappa shape index (κ2) is 5.60. The molecule has 0 fully saturated rings. The lowest BCUT2D eigenvalue weighted by Crippen LogP contribution is -2.45. The molecule has 1 atom stereocenters. The van der Waals surface area contributed by atoms with Crippen molar-refractivity contribution < 1.29 is 0 Å². The Kier molecular flexibility index (Phi) is 3.81. The molecule has 0 radical (unpaired) electrons. The van der Waals surface area contributed by atoms with Gasteiger partial charge in [0.2, 0.25) is 0 Å². The summed E-state index contributed by atoms with van der Waals surface area (Å²) in [5.41, 5.74) is 9.31. The maximum atomic E-state index is 6.29. The monoisotopic (exact) mass is 319 g/mol. The standard InChI is InChI=1S/C16H15Cl2N3/c1-20-10-15(11-3-2-4-13(18)9-11)21(16(20)19)14-7-5-12(17)6-8-14/h2-10,16H,19H2,1H3. The van der Waals surface area contributed by atoms with E-state index in [1.165, 1.54) is 0 Å². The van der Waals surface area contributed by atoms with Gasteiger partial charge in [-0.1, -0.05) is 35.3 Å². The van der Waals surface area contributed by atoms with E-state index in [1.54, 1.807) is 0 Å². The Bertz CT molecular complexity index is 682. The third kappa shape index (κ3) is 2.72. The van der Waals surface area contributed by atoms with E-state index in [-0.39, 0.29) is 6.29 Å². The lowest BCUT2D eigenvalue weighted by atomic mass is 10.1. The van der Waals surface area contributed by atoms with Crippen LogP contribution in [0.15, 0.2) is 54.7 Å². The van der Waals surface area contributed by atoms with E-state index in [2.05, 4.69) is 4.90 Å². The number of hydrogen-bond acceptors (Lipinski definition) is 3. The van der Waals surface area contributed by atoms with Crippen LogP contribution in [-0.2, 0) is 0 Å². The fraction of sp³-hybridized carbons (Fsp3) is 0.125. The number of benzene rings is 2. The molecule has 5 heteroatoms. The van der Waals surface area contributed by atoms with E-state index in [1.807, 2.05) is 66.7 Å². The smallest absolute Gasteiger partial charge is 0.159 e. The quantitative estimate of drug-likeness (QED) is 0.908. The van der Waals surface area contributed by atoms with Crippen LogP contribution in [0, 0.1) is 0 Å². The van der Waals surface area contributed by atoms with Gasteiger partial charge in [-0.15, -0.1) is 0 Å². The second-order valence-electron chi connectivity index (χ2n) is 4.95. The van der Waals surface area contributed by atoms with Gasteiger partial charge in [0.05, 0.1) is 5.70 Å². The van der Waals surface area contributed by atoms with Crippen LogP contribution in [0.5, 0.6) is 0 Å². The highest BCUT2D eigenvalue weighted by atomic mass is 35.5. The molecule has 108 valence electrons. The molecular formula is C16H15Cl2N3. The van der Waals surface area contributed by atoms with Crippen molar-refractivity contribution in [3.05, 3.63) is 70.3 Å². The van der Waals surface area contributed by atoms with Gasteiger partial charge in [0, 0.05) is 34.5 Å². The molecule has 0 saturated carbocycles. The van der Waals surface area contributed by atoms with Gasteiger partial charge in [-0.05, 0) is 36.4 Å². The Morgan fingerprint density at radius 1 is 1.00 bits per heavy atom.